The second-order valence-electron chi connectivity index (χ2n) is 7.03. The van der Waals surface area contributed by atoms with Gasteiger partial charge in [0.05, 0.1) is 0 Å². The van der Waals surface area contributed by atoms with Gasteiger partial charge in [-0.05, 0) is 49.2 Å². The van der Waals surface area contributed by atoms with Crippen LogP contribution in [0.5, 0.6) is 5.75 Å². The van der Waals surface area contributed by atoms with Gasteiger partial charge in [0, 0.05) is 12.3 Å². The third kappa shape index (κ3) is 5.62. The zero-order chi connectivity index (χ0) is 17.6. The predicted molar refractivity (Wildman–Crippen MR) is 95.5 cm³/mol. The third-order valence-electron chi connectivity index (χ3n) is 4.50. The molecule has 1 aromatic rings. The van der Waals surface area contributed by atoms with Crippen LogP contribution in [-0.4, -0.2) is 14.5 Å². The fourth-order valence-electron chi connectivity index (χ4n) is 2.83. The Labute approximate surface area is 147 Å². The topological polar surface area (TPSA) is 55.8 Å². The smallest absolute Gasteiger partial charge is 0.306 e. The first-order valence-corrected chi connectivity index (χ1v) is 9.44. The largest absolute Gasteiger partial charge is 0.450 e. The number of ether oxygens (including phenoxy) is 1. The zero-order valence-corrected chi connectivity index (χ0v) is 15.4. The molecule has 1 aliphatic rings. The Bertz CT molecular complexity index is 607. The molecule has 132 valence electrons. The Morgan fingerprint density at radius 2 is 1.92 bits per heavy atom. The molecule has 0 aromatic heterocycles. The molecule has 4 nitrogen and oxygen atoms in total. The highest BCUT2D eigenvalue weighted by Gasteiger charge is 2.33. The first-order chi connectivity index (χ1) is 11.3. The van der Waals surface area contributed by atoms with Crippen molar-refractivity contribution in [1.82, 2.24) is 0 Å². The molecule has 0 amide bonds. The van der Waals surface area contributed by atoms with Crippen molar-refractivity contribution < 1.29 is 17.7 Å². The van der Waals surface area contributed by atoms with E-state index >= 15 is 0 Å². The third-order valence-corrected chi connectivity index (χ3v) is 4.91. The van der Waals surface area contributed by atoms with Gasteiger partial charge in [-0.3, -0.25) is 4.55 Å². The van der Waals surface area contributed by atoms with E-state index in [2.05, 4.69) is 25.7 Å². The second kappa shape index (κ2) is 8.15. The maximum Gasteiger partial charge on any atom is 0.306 e. The molecule has 0 saturated heterocycles. The Morgan fingerprint density at radius 1 is 1.29 bits per heavy atom. The van der Waals surface area contributed by atoms with Crippen molar-refractivity contribution in [1.29, 1.82) is 0 Å². The molecule has 2 unspecified atom stereocenters. The summed E-state index contributed by atoms with van der Waals surface area (Å²) < 4.78 is 31.4. The maximum atomic E-state index is 11.2. The van der Waals surface area contributed by atoms with Crippen LogP contribution in [0.4, 0.5) is 0 Å². The van der Waals surface area contributed by atoms with E-state index in [9.17, 15) is 8.76 Å². The minimum Gasteiger partial charge on any atom is -0.450 e. The first kappa shape index (κ1) is 19.0. The van der Waals surface area contributed by atoms with E-state index in [-0.39, 0.29) is 5.92 Å². The van der Waals surface area contributed by atoms with E-state index in [4.69, 9.17) is 8.92 Å². The predicted octanol–water partition coefficient (Wildman–Crippen LogP) is 4.54. The fraction of sp³-hybridized carbons (Fsp3) is 0.579. The van der Waals surface area contributed by atoms with Gasteiger partial charge in [0.15, 0.2) is 0 Å². The summed E-state index contributed by atoms with van der Waals surface area (Å²) in [7, 11) is 0. The average Bonchev–Trinajstić information content (AvgIpc) is 2.54. The lowest BCUT2D eigenvalue weighted by atomic mass is 9.73. The van der Waals surface area contributed by atoms with Crippen LogP contribution >= 0.6 is 0 Å². The molecule has 0 heterocycles. The van der Waals surface area contributed by atoms with Crippen LogP contribution in [0, 0.1) is 23.2 Å². The summed E-state index contributed by atoms with van der Waals surface area (Å²) in [6, 6.07) is 9.10. The average molecular weight is 350 g/mol. The molecule has 0 spiro atoms. The van der Waals surface area contributed by atoms with E-state index in [0.29, 0.717) is 17.6 Å². The molecule has 1 saturated carbocycles. The molecule has 2 rings (SSSR count). The molecule has 24 heavy (non-hydrogen) atoms. The Hall–Kier alpha value is -1.35. The monoisotopic (exact) mass is 350 g/mol. The summed E-state index contributed by atoms with van der Waals surface area (Å²) in [5, 5.41) is 0. The van der Waals surface area contributed by atoms with Crippen molar-refractivity contribution in [2.24, 2.45) is 11.3 Å². The molecule has 1 fully saturated rings. The van der Waals surface area contributed by atoms with Crippen molar-refractivity contribution in [2.45, 2.75) is 58.7 Å². The van der Waals surface area contributed by atoms with E-state index in [1.54, 1.807) is 12.1 Å². The second-order valence-corrected chi connectivity index (χ2v) is 7.63. The van der Waals surface area contributed by atoms with Crippen molar-refractivity contribution in [3.05, 3.63) is 30.3 Å². The molecule has 0 bridgehead atoms. The van der Waals surface area contributed by atoms with Crippen LogP contribution in [-0.2, 0) is 15.5 Å². The van der Waals surface area contributed by atoms with Crippen LogP contribution < -0.4 is 4.74 Å². The summed E-state index contributed by atoms with van der Waals surface area (Å²) in [5.74, 6) is 5.67. The molecule has 1 aliphatic carbocycles. The SMILES string of the molecule is CCC(C#CC1CCC(C)(C)CC1)(Oc1ccccc1)OS(=O)O. The summed E-state index contributed by atoms with van der Waals surface area (Å²) in [5.41, 5.74) is 0.379. The van der Waals surface area contributed by atoms with Crippen molar-refractivity contribution in [3.63, 3.8) is 0 Å². The van der Waals surface area contributed by atoms with Gasteiger partial charge < -0.3 is 4.74 Å². The van der Waals surface area contributed by atoms with E-state index in [0.717, 1.165) is 25.7 Å². The molecule has 2 atom stereocenters. The van der Waals surface area contributed by atoms with Crippen LogP contribution in [0.15, 0.2) is 30.3 Å². The van der Waals surface area contributed by atoms with Crippen LogP contribution in [0.3, 0.4) is 0 Å². The lowest BCUT2D eigenvalue weighted by Gasteiger charge is -2.32. The van der Waals surface area contributed by atoms with Gasteiger partial charge in [0.25, 0.3) is 5.79 Å². The van der Waals surface area contributed by atoms with E-state index in [1.165, 1.54) is 0 Å². The van der Waals surface area contributed by atoms with E-state index < -0.39 is 17.1 Å². The molecule has 1 aromatic carbocycles. The van der Waals surface area contributed by atoms with Gasteiger partial charge in [-0.15, -0.1) is 0 Å². The van der Waals surface area contributed by atoms with Gasteiger partial charge in [-0.1, -0.05) is 44.9 Å². The van der Waals surface area contributed by atoms with Gasteiger partial charge in [-0.2, -0.15) is 4.21 Å². The molecular weight excluding hydrogens is 324 g/mol. The summed E-state index contributed by atoms with van der Waals surface area (Å²) in [6.07, 6.45) is 4.69. The first-order valence-electron chi connectivity index (χ1n) is 8.41. The van der Waals surface area contributed by atoms with Crippen LogP contribution in [0.2, 0.25) is 0 Å². The lowest BCUT2D eigenvalue weighted by molar-refractivity contribution is -0.0603. The van der Waals surface area contributed by atoms with Crippen molar-refractivity contribution >= 4 is 11.4 Å². The highest BCUT2D eigenvalue weighted by atomic mass is 32.2. The summed E-state index contributed by atoms with van der Waals surface area (Å²) in [4.78, 5) is 0. The zero-order valence-electron chi connectivity index (χ0n) is 14.6. The number of benzene rings is 1. The highest BCUT2D eigenvalue weighted by Crippen LogP contribution is 2.37. The maximum absolute atomic E-state index is 11.2. The number of para-hydroxylation sites is 1. The molecule has 1 N–H and O–H groups in total. The normalized spacial score (nSPS) is 21.2. The molecular formula is C19H26O4S. The standard InChI is InChI=1S/C19H26O4S/c1-4-19(23-24(20)21,22-17-8-6-5-7-9-17)15-12-16-10-13-18(2,3)14-11-16/h5-9,16H,4,10-11,13-14H2,1-3H3,(H,20,21). The molecule has 0 radical (unpaired) electrons. The molecule has 0 aliphatic heterocycles. The molecule has 5 heteroatoms. The van der Waals surface area contributed by atoms with Gasteiger partial charge >= 0.3 is 11.4 Å². The Morgan fingerprint density at radius 3 is 2.46 bits per heavy atom. The number of hydrogen-bond acceptors (Lipinski definition) is 3. The Kier molecular flexibility index (Phi) is 6.45. The van der Waals surface area contributed by atoms with Crippen molar-refractivity contribution in [2.75, 3.05) is 0 Å². The van der Waals surface area contributed by atoms with Crippen LogP contribution in [0.25, 0.3) is 0 Å². The number of hydrogen-bond donors (Lipinski definition) is 1. The summed E-state index contributed by atoms with van der Waals surface area (Å²) >= 11 is -2.45. The number of rotatable bonds is 5. The van der Waals surface area contributed by atoms with E-state index in [1.807, 2.05) is 25.1 Å². The Balaban J connectivity index is 2.17. The fourth-order valence-corrected chi connectivity index (χ4v) is 3.26. The lowest BCUT2D eigenvalue weighted by Crippen LogP contribution is -2.38. The highest BCUT2D eigenvalue weighted by molar-refractivity contribution is 7.74. The van der Waals surface area contributed by atoms with Gasteiger partial charge in [-0.25, -0.2) is 4.18 Å². The van der Waals surface area contributed by atoms with Gasteiger partial charge in [0.1, 0.15) is 5.75 Å². The minimum atomic E-state index is -2.45. The minimum absolute atomic E-state index is 0.277. The van der Waals surface area contributed by atoms with Gasteiger partial charge in [0.2, 0.25) is 0 Å². The van der Waals surface area contributed by atoms with Crippen LogP contribution in [0.1, 0.15) is 52.9 Å². The summed E-state index contributed by atoms with van der Waals surface area (Å²) in [6.45, 7) is 6.39. The van der Waals surface area contributed by atoms with Crippen molar-refractivity contribution in [3.8, 4) is 17.6 Å². The quantitative estimate of drug-likeness (QED) is 0.481.